The van der Waals surface area contributed by atoms with Crippen molar-refractivity contribution in [3.8, 4) is 0 Å². The van der Waals surface area contributed by atoms with Crippen molar-refractivity contribution in [1.82, 2.24) is 0 Å². The molecule has 33 valence electrons. The van der Waals surface area contributed by atoms with Crippen molar-refractivity contribution >= 4 is 5.94 Å². The Morgan fingerprint density at radius 3 is 2.50 bits per heavy atom. The van der Waals surface area contributed by atoms with Crippen LogP contribution in [0.15, 0.2) is 6.08 Å². The van der Waals surface area contributed by atoms with E-state index in [-0.39, 0.29) is 6.61 Å². The summed E-state index contributed by atoms with van der Waals surface area (Å²) < 4.78 is 0. The molecule has 0 aliphatic rings. The number of carbonyl (C=O) groups excluding carboxylic acids is 1. The van der Waals surface area contributed by atoms with Crippen molar-refractivity contribution < 1.29 is 9.90 Å². The maximum Gasteiger partial charge on any atom is 0.120 e. The fourth-order valence-corrected chi connectivity index (χ4v) is 0.118. The lowest BCUT2D eigenvalue weighted by atomic mass is 10.5. The summed E-state index contributed by atoms with van der Waals surface area (Å²) in [6.07, 6.45) is 1.50. The Morgan fingerprint density at radius 2 is 2.33 bits per heavy atom. The van der Waals surface area contributed by atoms with Crippen molar-refractivity contribution in [3.05, 3.63) is 6.08 Å². The van der Waals surface area contributed by atoms with Crippen LogP contribution in [0.1, 0.15) is 6.42 Å². The minimum absolute atomic E-state index is 0.213. The Bertz CT molecular complexity index is 61.9. The first-order valence-corrected chi connectivity index (χ1v) is 1.69. The molecule has 2 nitrogen and oxygen atoms in total. The van der Waals surface area contributed by atoms with E-state index in [0.29, 0.717) is 6.42 Å². The SMILES string of the molecule is [O]CCC=C=O. The molecule has 0 heterocycles. The predicted octanol–water partition coefficient (Wildman–Crippen LogP) is 0.195. The first-order chi connectivity index (χ1) is 2.91. The summed E-state index contributed by atoms with van der Waals surface area (Å²) in [7, 11) is 0. The van der Waals surface area contributed by atoms with Gasteiger partial charge in [-0.1, -0.05) is 0 Å². The minimum Gasteiger partial charge on any atom is -0.236 e. The molecule has 0 aliphatic carbocycles. The molecule has 0 aromatic heterocycles. The Balaban J connectivity index is 2.86. The largest absolute Gasteiger partial charge is 0.236 e. The van der Waals surface area contributed by atoms with E-state index in [1.165, 1.54) is 12.0 Å². The van der Waals surface area contributed by atoms with Crippen LogP contribution in [0.25, 0.3) is 0 Å². The molecule has 0 aromatic rings. The lowest BCUT2D eigenvalue weighted by Crippen LogP contribution is -1.71. The Morgan fingerprint density at radius 1 is 1.67 bits per heavy atom. The zero-order valence-electron chi connectivity index (χ0n) is 3.31. The van der Waals surface area contributed by atoms with Crippen LogP contribution in [0.5, 0.6) is 0 Å². The smallest absolute Gasteiger partial charge is 0.120 e. The lowest BCUT2D eigenvalue weighted by molar-refractivity contribution is 0.199. The Labute approximate surface area is 36.1 Å². The third-order valence-corrected chi connectivity index (χ3v) is 0.346. The molecule has 1 radical (unpaired) electrons. The first-order valence-electron chi connectivity index (χ1n) is 1.69. The van der Waals surface area contributed by atoms with Gasteiger partial charge in [-0.3, -0.25) is 0 Å². The van der Waals surface area contributed by atoms with Gasteiger partial charge in [0.25, 0.3) is 0 Å². The normalized spacial score (nSPS) is 6.83. The van der Waals surface area contributed by atoms with Crippen molar-refractivity contribution in [1.29, 1.82) is 0 Å². The summed E-state index contributed by atoms with van der Waals surface area (Å²) in [5, 5.41) is 9.48. The van der Waals surface area contributed by atoms with E-state index in [4.69, 9.17) is 0 Å². The quantitative estimate of drug-likeness (QED) is 0.441. The second-order valence-electron chi connectivity index (χ2n) is 0.815. The monoisotopic (exact) mass is 85.0 g/mol. The zero-order chi connectivity index (χ0) is 4.83. The van der Waals surface area contributed by atoms with Crippen molar-refractivity contribution in [3.63, 3.8) is 0 Å². The van der Waals surface area contributed by atoms with Gasteiger partial charge in [0.15, 0.2) is 0 Å². The van der Waals surface area contributed by atoms with Crippen LogP contribution in [-0.2, 0) is 9.90 Å². The van der Waals surface area contributed by atoms with E-state index in [1.54, 1.807) is 0 Å². The Hall–Kier alpha value is -0.590. The number of hydrogen-bond donors (Lipinski definition) is 0. The average molecular weight is 85.1 g/mol. The molecular formula is C4H5O2. The highest BCUT2D eigenvalue weighted by Crippen LogP contribution is 1.69. The van der Waals surface area contributed by atoms with Gasteiger partial charge >= 0.3 is 0 Å². The van der Waals surface area contributed by atoms with Crippen LogP contribution in [-0.4, -0.2) is 12.5 Å². The van der Waals surface area contributed by atoms with Gasteiger partial charge in [-0.25, -0.2) is 9.90 Å². The molecule has 0 aromatic carbocycles. The zero-order valence-corrected chi connectivity index (χ0v) is 3.31. The van der Waals surface area contributed by atoms with Gasteiger partial charge in [-0.15, -0.1) is 0 Å². The molecule has 0 fully saturated rings. The van der Waals surface area contributed by atoms with Gasteiger partial charge in [0, 0.05) is 12.5 Å². The van der Waals surface area contributed by atoms with E-state index in [2.05, 4.69) is 0 Å². The summed E-state index contributed by atoms with van der Waals surface area (Å²) in [6.45, 7) is -0.213. The van der Waals surface area contributed by atoms with E-state index in [9.17, 15) is 9.90 Å². The molecule has 0 bridgehead atoms. The van der Waals surface area contributed by atoms with E-state index < -0.39 is 0 Å². The number of rotatable bonds is 2. The average Bonchev–Trinajstić information content (AvgIpc) is 1.61. The summed E-state index contributed by atoms with van der Waals surface area (Å²) in [6, 6.07) is 0. The second kappa shape index (κ2) is 4.41. The summed E-state index contributed by atoms with van der Waals surface area (Å²) >= 11 is 0. The van der Waals surface area contributed by atoms with Crippen molar-refractivity contribution in [2.45, 2.75) is 6.42 Å². The van der Waals surface area contributed by atoms with Crippen LogP contribution < -0.4 is 0 Å². The summed E-state index contributed by atoms with van der Waals surface area (Å²) in [5.41, 5.74) is 0. The highest BCUT2D eigenvalue weighted by atomic mass is 16.2. The maximum atomic E-state index is 9.48. The molecule has 0 unspecified atom stereocenters. The van der Waals surface area contributed by atoms with Gasteiger partial charge < -0.3 is 0 Å². The van der Waals surface area contributed by atoms with Gasteiger partial charge in [0.05, 0.1) is 6.61 Å². The molecule has 0 atom stereocenters. The molecule has 6 heavy (non-hydrogen) atoms. The summed E-state index contributed by atoms with van der Waals surface area (Å²) in [4.78, 5) is 9.24. The van der Waals surface area contributed by atoms with Gasteiger partial charge in [-0.2, -0.15) is 0 Å². The molecule has 0 rings (SSSR count). The standard InChI is InChI=1S/C4H5O2/c5-3-1-2-4-6/h1H,2,4H2. The van der Waals surface area contributed by atoms with E-state index in [1.807, 2.05) is 0 Å². The third-order valence-electron chi connectivity index (χ3n) is 0.346. The minimum atomic E-state index is -0.213. The molecular weight excluding hydrogens is 80.0 g/mol. The lowest BCUT2D eigenvalue weighted by Gasteiger charge is -1.68. The fourth-order valence-electron chi connectivity index (χ4n) is 0.118. The van der Waals surface area contributed by atoms with Gasteiger partial charge in [0.2, 0.25) is 0 Å². The van der Waals surface area contributed by atoms with Crippen LogP contribution in [0.4, 0.5) is 0 Å². The van der Waals surface area contributed by atoms with Gasteiger partial charge in [0.1, 0.15) is 5.94 Å². The van der Waals surface area contributed by atoms with Crippen LogP contribution in [0.3, 0.4) is 0 Å². The number of hydrogen-bond acceptors (Lipinski definition) is 1. The summed E-state index contributed by atoms with van der Waals surface area (Å²) in [5.74, 6) is 1.49. The molecule has 0 spiro atoms. The molecule has 0 N–H and O–H groups in total. The van der Waals surface area contributed by atoms with Crippen LogP contribution >= 0.6 is 0 Å². The molecule has 2 heteroatoms. The Kier molecular flexibility index (Phi) is 3.98. The first kappa shape index (κ1) is 5.41. The van der Waals surface area contributed by atoms with E-state index >= 15 is 0 Å². The fraction of sp³-hybridized carbons (Fsp3) is 0.500. The van der Waals surface area contributed by atoms with E-state index in [0.717, 1.165) is 0 Å². The molecule has 0 amide bonds. The third kappa shape index (κ3) is 3.41. The van der Waals surface area contributed by atoms with Crippen LogP contribution in [0, 0.1) is 0 Å². The van der Waals surface area contributed by atoms with Crippen molar-refractivity contribution in [2.75, 3.05) is 6.61 Å². The second-order valence-corrected chi connectivity index (χ2v) is 0.815. The maximum absolute atomic E-state index is 9.48. The predicted molar refractivity (Wildman–Crippen MR) is 20.4 cm³/mol. The molecule has 0 saturated heterocycles. The van der Waals surface area contributed by atoms with Crippen LogP contribution in [0.2, 0.25) is 0 Å². The van der Waals surface area contributed by atoms with Crippen molar-refractivity contribution in [2.24, 2.45) is 0 Å². The highest BCUT2D eigenvalue weighted by Gasteiger charge is 1.69. The molecule has 0 saturated carbocycles. The topological polar surface area (TPSA) is 37.0 Å². The van der Waals surface area contributed by atoms with Gasteiger partial charge in [-0.05, 0) is 0 Å². The molecule has 0 aliphatic heterocycles. The highest BCUT2D eigenvalue weighted by molar-refractivity contribution is 5.44.